The fourth-order valence-electron chi connectivity index (χ4n) is 1.10. The SMILES string of the molecule is CC(O)C(N)c1cc(Cl)cc(F)c1O. The topological polar surface area (TPSA) is 66.5 Å². The van der Waals surface area contributed by atoms with E-state index in [0.29, 0.717) is 0 Å². The van der Waals surface area contributed by atoms with Crippen LogP contribution < -0.4 is 5.73 Å². The first-order chi connectivity index (χ1) is 6.43. The quantitative estimate of drug-likeness (QED) is 0.707. The largest absolute Gasteiger partial charge is 0.505 e. The smallest absolute Gasteiger partial charge is 0.166 e. The fraction of sp³-hybridized carbons (Fsp3) is 0.333. The molecule has 0 bridgehead atoms. The molecule has 0 aliphatic carbocycles. The van der Waals surface area contributed by atoms with E-state index in [1.165, 1.54) is 13.0 Å². The molecule has 14 heavy (non-hydrogen) atoms. The maximum Gasteiger partial charge on any atom is 0.166 e. The first-order valence-corrected chi connectivity index (χ1v) is 4.43. The zero-order valence-electron chi connectivity index (χ0n) is 7.54. The van der Waals surface area contributed by atoms with Gasteiger partial charge in [-0.05, 0) is 19.1 Å². The summed E-state index contributed by atoms with van der Waals surface area (Å²) >= 11 is 5.58. The van der Waals surface area contributed by atoms with Crippen LogP contribution in [0.1, 0.15) is 18.5 Å². The molecule has 0 saturated heterocycles. The van der Waals surface area contributed by atoms with Gasteiger partial charge in [-0.3, -0.25) is 0 Å². The Balaban J connectivity index is 3.20. The van der Waals surface area contributed by atoms with E-state index in [0.717, 1.165) is 6.07 Å². The molecule has 1 rings (SSSR count). The summed E-state index contributed by atoms with van der Waals surface area (Å²) < 4.78 is 13.0. The van der Waals surface area contributed by atoms with Gasteiger partial charge >= 0.3 is 0 Å². The summed E-state index contributed by atoms with van der Waals surface area (Å²) in [5.41, 5.74) is 5.64. The molecule has 0 aromatic heterocycles. The van der Waals surface area contributed by atoms with Crippen molar-refractivity contribution in [2.75, 3.05) is 0 Å². The van der Waals surface area contributed by atoms with Gasteiger partial charge in [0.1, 0.15) is 0 Å². The third-order valence-corrected chi connectivity index (χ3v) is 2.15. The van der Waals surface area contributed by atoms with Crippen LogP contribution in [0.4, 0.5) is 4.39 Å². The number of nitrogens with two attached hydrogens (primary N) is 1. The number of hydrogen-bond acceptors (Lipinski definition) is 3. The van der Waals surface area contributed by atoms with Crippen LogP contribution in [0.2, 0.25) is 5.02 Å². The average Bonchev–Trinajstić information content (AvgIpc) is 2.09. The van der Waals surface area contributed by atoms with Crippen molar-refractivity contribution in [2.45, 2.75) is 19.1 Å². The van der Waals surface area contributed by atoms with E-state index in [1.54, 1.807) is 0 Å². The highest BCUT2D eigenvalue weighted by molar-refractivity contribution is 6.30. The molecule has 0 heterocycles. The fourth-order valence-corrected chi connectivity index (χ4v) is 1.31. The molecule has 2 unspecified atom stereocenters. The van der Waals surface area contributed by atoms with Crippen LogP contribution >= 0.6 is 11.6 Å². The van der Waals surface area contributed by atoms with Crippen molar-refractivity contribution in [3.05, 3.63) is 28.5 Å². The van der Waals surface area contributed by atoms with E-state index < -0.39 is 23.7 Å². The van der Waals surface area contributed by atoms with Gasteiger partial charge in [-0.15, -0.1) is 0 Å². The maximum absolute atomic E-state index is 13.0. The molecule has 0 saturated carbocycles. The molecule has 5 heteroatoms. The van der Waals surface area contributed by atoms with E-state index >= 15 is 0 Å². The summed E-state index contributed by atoms with van der Waals surface area (Å²) in [5, 5.41) is 18.6. The van der Waals surface area contributed by atoms with Crippen LogP contribution in [-0.4, -0.2) is 16.3 Å². The Bertz CT molecular complexity index is 344. The van der Waals surface area contributed by atoms with Crippen molar-refractivity contribution >= 4 is 11.6 Å². The van der Waals surface area contributed by atoms with Crippen LogP contribution in [0.5, 0.6) is 5.75 Å². The molecule has 1 aromatic rings. The summed E-state index contributed by atoms with van der Waals surface area (Å²) in [5.74, 6) is -1.41. The van der Waals surface area contributed by atoms with Crippen LogP contribution in [0.25, 0.3) is 0 Å². The van der Waals surface area contributed by atoms with Gasteiger partial charge in [0.25, 0.3) is 0 Å². The van der Waals surface area contributed by atoms with Crippen LogP contribution in [0.3, 0.4) is 0 Å². The van der Waals surface area contributed by atoms with Gasteiger partial charge in [0.15, 0.2) is 11.6 Å². The molecule has 3 nitrogen and oxygen atoms in total. The van der Waals surface area contributed by atoms with E-state index in [4.69, 9.17) is 17.3 Å². The van der Waals surface area contributed by atoms with Gasteiger partial charge < -0.3 is 15.9 Å². The van der Waals surface area contributed by atoms with Crippen LogP contribution in [0, 0.1) is 5.82 Å². The molecule has 78 valence electrons. The highest BCUT2D eigenvalue weighted by Gasteiger charge is 2.19. The Hall–Kier alpha value is -0.840. The zero-order chi connectivity index (χ0) is 10.9. The minimum absolute atomic E-state index is 0.102. The summed E-state index contributed by atoms with van der Waals surface area (Å²) in [7, 11) is 0. The zero-order valence-corrected chi connectivity index (χ0v) is 8.29. The lowest BCUT2D eigenvalue weighted by Gasteiger charge is -2.16. The molecule has 0 aliphatic rings. The van der Waals surface area contributed by atoms with E-state index in [-0.39, 0.29) is 10.6 Å². The Morgan fingerprint density at radius 1 is 1.50 bits per heavy atom. The first-order valence-electron chi connectivity index (χ1n) is 4.05. The van der Waals surface area contributed by atoms with Gasteiger partial charge in [-0.25, -0.2) is 4.39 Å². The number of aliphatic hydroxyl groups excluding tert-OH is 1. The maximum atomic E-state index is 13.0. The van der Waals surface area contributed by atoms with Gasteiger partial charge in [0, 0.05) is 10.6 Å². The Labute approximate surface area is 85.9 Å². The number of phenols is 1. The number of rotatable bonds is 2. The molecule has 0 radical (unpaired) electrons. The Kier molecular flexibility index (Phi) is 3.31. The lowest BCUT2D eigenvalue weighted by Crippen LogP contribution is -2.23. The van der Waals surface area contributed by atoms with Crippen LogP contribution in [0.15, 0.2) is 12.1 Å². The second-order valence-corrected chi connectivity index (χ2v) is 3.53. The van der Waals surface area contributed by atoms with Crippen LogP contribution in [-0.2, 0) is 0 Å². The summed E-state index contributed by atoms with van der Waals surface area (Å²) in [4.78, 5) is 0. The highest BCUT2D eigenvalue weighted by Crippen LogP contribution is 2.30. The summed E-state index contributed by atoms with van der Waals surface area (Å²) in [6.07, 6.45) is -0.890. The highest BCUT2D eigenvalue weighted by atomic mass is 35.5. The lowest BCUT2D eigenvalue weighted by molar-refractivity contribution is 0.162. The Morgan fingerprint density at radius 3 is 2.57 bits per heavy atom. The van der Waals surface area contributed by atoms with Gasteiger partial charge in [0.05, 0.1) is 12.1 Å². The normalized spacial score (nSPS) is 15.2. The molecule has 0 spiro atoms. The molecule has 0 aliphatic heterocycles. The Morgan fingerprint density at radius 2 is 2.07 bits per heavy atom. The van der Waals surface area contributed by atoms with Crippen molar-refractivity contribution in [1.82, 2.24) is 0 Å². The molecule has 4 N–H and O–H groups in total. The monoisotopic (exact) mass is 219 g/mol. The third kappa shape index (κ3) is 2.15. The van der Waals surface area contributed by atoms with E-state index in [2.05, 4.69) is 0 Å². The molecule has 2 atom stereocenters. The second kappa shape index (κ2) is 4.13. The number of aromatic hydroxyl groups is 1. The molecular formula is C9H11ClFNO2. The molecular weight excluding hydrogens is 209 g/mol. The average molecular weight is 220 g/mol. The molecule has 0 fully saturated rings. The molecule has 0 amide bonds. The van der Waals surface area contributed by atoms with Crippen molar-refractivity contribution < 1.29 is 14.6 Å². The van der Waals surface area contributed by atoms with Crippen molar-refractivity contribution in [2.24, 2.45) is 5.73 Å². The second-order valence-electron chi connectivity index (χ2n) is 3.09. The first kappa shape index (κ1) is 11.2. The molecule has 1 aromatic carbocycles. The van der Waals surface area contributed by atoms with Gasteiger partial charge in [-0.1, -0.05) is 11.6 Å². The minimum atomic E-state index is -0.890. The van der Waals surface area contributed by atoms with E-state index in [1.807, 2.05) is 0 Å². The number of benzene rings is 1. The van der Waals surface area contributed by atoms with Gasteiger partial charge in [-0.2, -0.15) is 0 Å². The van der Waals surface area contributed by atoms with Crippen molar-refractivity contribution in [3.8, 4) is 5.75 Å². The predicted molar refractivity (Wildman–Crippen MR) is 51.7 cm³/mol. The number of phenolic OH excluding ortho intramolecular Hbond substituents is 1. The van der Waals surface area contributed by atoms with Gasteiger partial charge in [0.2, 0.25) is 0 Å². The minimum Gasteiger partial charge on any atom is -0.505 e. The predicted octanol–water partition coefficient (Wildman–Crippen LogP) is 1.57. The third-order valence-electron chi connectivity index (χ3n) is 1.94. The standard InChI is InChI=1S/C9H11ClFNO2/c1-4(13)8(12)6-2-5(10)3-7(11)9(6)14/h2-4,8,13-14H,12H2,1H3. The number of aliphatic hydroxyl groups is 1. The van der Waals surface area contributed by atoms with Crippen molar-refractivity contribution in [1.29, 1.82) is 0 Å². The van der Waals surface area contributed by atoms with Crippen molar-refractivity contribution in [3.63, 3.8) is 0 Å². The summed E-state index contributed by atoms with van der Waals surface area (Å²) in [6, 6.07) is 1.45. The van der Waals surface area contributed by atoms with E-state index in [9.17, 15) is 14.6 Å². The number of halogens is 2. The summed E-state index contributed by atoms with van der Waals surface area (Å²) in [6.45, 7) is 1.45. The number of hydrogen-bond donors (Lipinski definition) is 3. The lowest BCUT2D eigenvalue weighted by atomic mass is 10.0.